The molecule has 1 aromatic carbocycles. The number of hydrogen-bond acceptors (Lipinski definition) is 2. The van der Waals surface area contributed by atoms with Crippen LogP contribution >= 0.6 is 8.58 Å². The standard InChI is InChI=1S/C15H23N2P.C2H6/c1-15(18-2)10-17-13-5-3-4-12(14(13)15)9-16-8-11-6-7-11;1-2/h3-5,11,16-18H,6-10H2,1-2H3;1-2H3. The van der Waals surface area contributed by atoms with Gasteiger partial charge in [-0.2, -0.15) is 0 Å². The Morgan fingerprint density at radius 3 is 2.75 bits per heavy atom. The molecule has 0 amide bonds. The minimum atomic E-state index is 0.340. The van der Waals surface area contributed by atoms with Gasteiger partial charge in [0.15, 0.2) is 0 Å². The van der Waals surface area contributed by atoms with Crippen molar-refractivity contribution in [2.45, 2.75) is 45.3 Å². The van der Waals surface area contributed by atoms with Crippen molar-refractivity contribution in [2.75, 3.05) is 25.1 Å². The van der Waals surface area contributed by atoms with Crippen LogP contribution in [0.2, 0.25) is 0 Å². The summed E-state index contributed by atoms with van der Waals surface area (Å²) in [5.74, 6) is 0.958. The van der Waals surface area contributed by atoms with Crippen LogP contribution in [0.25, 0.3) is 0 Å². The predicted molar refractivity (Wildman–Crippen MR) is 92.3 cm³/mol. The van der Waals surface area contributed by atoms with Crippen LogP contribution in [0.5, 0.6) is 0 Å². The normalized spacial score (nSPS) is 24.2. The summed E-state index contributed by atoms with van der Waals surface area (Å²) in [4.78, 5) is 0. The summed E-state index contributed by atoms with van der Waals surface area (Å²) in [6.45, 7) is 12.0. The molecule has 112 valence electrons. The molecule has 1 aliphatic carbocycles. The van der Waals surface area contributed by atoms with E-state index in [1.54, 1.807) is 5.56 Å². The van der Waals surface area contributed by atoms with Gasteiger partial charge < -0.3 is 10.6 Å². The van der Waals surface area contributed by atoms with E-state index >= 15 is 0 Å². The van der Waals surface area contributed by atoms with Gasteiger partial charge >= 0.3 is 0 Å². The highest BCUT2D eigenvalue weighted by Gasteiger charge is 2.34. The first kappa shape index (κ1) is 15.8. The van der Waals surface area contributed by atoms with Gasteiger partial charge in [0, 0.05) is 23.9 Å². The number of nitrogens with one attached hydrogen (secondary N) is 2. The highest BCUT2D eigenvalue weighted by Crippen LogP contribution is 2.48. The predicted octanol–water partition coefficient (Wildman–Crippen LogP) is 4.16. The quantitative estimate of drug-likeness (QED) is 0.796. The van der Waals surface area contributed by atoms with Gasteiger partial charge in [-0.05, 0) is 49.2 Å². The van der Waals surface area contributed by atoms with E-state index in [1.807, 2.05) is 13.8 Å². The summed E-state index contributed by atoms with van der Waals surface area (Å²) >= 11 is 0. The Labute approximate surface area is 125 Å². The van der Waals surface area contributed by atoms with Crippen molar-refractivity contribution < 1.29 is 0 Å². The van der Waals surface area contributed by atoms with Crippen LogP contribution in [-0.4, -0.2) is 19.8 Å². The van der Waals surface area contributed by atoms with Crippen LogP contribution in [0.1, 0.15) is 44.7 Å². The molecule has 0 bridgehead atoms. The monoisotopic (exact) mass is 292 g/mol. The Morgan fingerprint density at radius 1 is 1.35 bits per heavy atom. The third-order valence-electron chi connectivity index (χ3n) is 4.33. The molecule has 2 N–H and O–H groups in total. The van der Waals surface area contributed by atoms with Gasteiger partial charge in [-0.25, -0.2) is 0 Å². The second-order valence-electron chi connectivity index (χ2n) is 5.85. The van der Waals surface area contributed by atoms with Crippen LogP contribution in [0.4, 0.5) is 5.69 Å². The van der Waals surface area contributed by atoms with Crippen molar-refractivity contribution in [3.05, 3.63) is 29.3 Å². The van der Waals surface area contributed by atoms with Gasteiger partial charge in [0.25, 0.3) is 0 Å². The van der Waals surface area contributed by atoms with Gasteiger partial charge in [-0.3, -0.25) is 0 Å². The lowest BCUT2D eigenvalue weighted by atomic mass is 9.96. The van der Waals surface area contributed by atoms with Crippen molar-refractivity contribution in [3.8, 4) is 0 Å². The maximum absolute atomic E-state index is 3.63. The van der Waals surface area contributed by atoms with Gasteiger partial charge in [0.05, 0.1) is 0 Å². The summed E-state index contributed by atoms with van der Waals surface area (Å²) in [6, 6.07) is 6.71. The fraction of sp³-hybridized carbons (Fsp3) is 0.647. The summed E-state index contributed by atoms with van der Waals surface area (Å²) < 4.78 is 0. The van der Waals surface area contributed by atoms with Crippen LogP contribution in [-0.2, 0) is 11.7 Å². The van der Waals surface area contributed by atoms with E-state index in [9.17, 15) is 0 Å². The zero-order chi connectivity index (χ0) is 14.6. The van der Waals surface area contributed by atoms with Crippen LogP contribution in [0.15, 0.2) is 18.2 Å². The topological polar surface area (TPSA) is 24.1 Å². The molecule has 1 saturated carbocycles. The molecule has 0 spiro atoms. The van der Waals surface area contributed by atoms with E-state index in [2.05, 4.69) is 42.4 Å². The lowest BCUT2D eigenvalue weighted by Crippen LogP contribution is -2.22. The SMILES string of the molecule is CC.CPC1(C)CNc2cccc(CNCC3CC3)c21. The fourth-order valence-electron chi connectivity index (χ4n) is 2.85. The molecule has 1 heterocycles. The van der Waals surface area contributed by atoms with E-state index in [0.717, 1.165) is 27.6 Å². The highest BCUT2D eigenvalue weighted by molar-refractivity contribution is 7.38. The first-order chi connectivity index (χ1) is 9.73. The van der Waals surface area contributed by atoms with E-state index in [1.165, 1.54) is 30.6 Å². The van der Waals surface area contributed by atoms with Crippen molar-refractivity contribution in [2.24, 2.45) is 5.92 Å². The first-order valence-corrected chi connectivity index (χ1v) is 9.49. The number of anilines is 1. The van der Waals surface area contributed by atoms with Crippen molar-refractivity contribution >= 4 is 14.3 Å². The van der Waals surface area contributed by atoms with Crippen molar-refractivity contribution in [3.63, 3.8) is 0 Å². The number of hydrogen-bond donors (Lipinski definition) is 2. The molecule has 20 heavy (non-hydrogen) atoms. The molecule has 0 radical (unpaired) electrons. The van der Waals surface area contributed by atoms with E-state index in [4.69, 9.17) is 0 Å². The molecule has 1 aliphatic heterocycles. The van der Waals surface area contributed by atoms with E-state index in [0.29, 0.717) is 5.16 Å². The maximum Gasteiger partial charge on any atom is 0.0386 e. The molecule has 2 aliphatic rings. The van der Waals surface area contributed by atoms with Crippen molar-refractivity contribution in [1.82, 2.24) is 5.32 Å². The average Bonchev–Trinajstić information content (AvgIpc) is 3.25. The lowest BCUT2D eigenvalue weighted by molar-refractivity contribution is 0.630. The Balaban J connectivity index is 0.000000704. The van der Waals surface area contributed by atoms with Crippen LogP contribution in [0.3, 0.4) is 0 Å². The van der Waals surface area contributed by atoms with Crippen LogP contribution < -0.4 is 10.6 Å². The number of rotatable bonds is 5. The summed E-state index contributed by atoms with van der Waals surface area (Å²) in [6.07, 6.45) is 2.85. The Morgan fingerprint density at radius 2 is 2.10 bits per heavy atom. The van der Waals surface area contributed by atoms with E-state index in [-0.39, 0.29) is 0 Å². The molecule has 0 aromatic heterocycles. The third-order valence-corrected chi connectivity index (χ3v) is 5.86. The molecule has 2 unspecified atom stereocenters. The molecule has 0 saturated heterocycles. The minimum Gasteiger partial charge on any atom is -0.384 e. The highest BCUT2D eigenvalue weighted by atomic mass is 31.1. The zero-order valence-electron chi connectivity index (χ0n) is 13.3. The number of fused-ring (bicyclic) bond motifs is 1. The molecule has 2 atom stereocenters. The molecule has 3 heteroatoms. The lowest BCUT2D eigenvalue weighted by Gasteiger charge is -2.24. The third kappa shape index (κ3) is 3.35. The smallest absolute Gasteiger partial charge is 0.0386 e. The second kappa shape index (κ2) is 6.91. The van der Waals surface area contributed by atoms with E-state index < -0.39 is 0 Å². The summed E-state index contributed by atoms with van der Waals surface area (Å²) in [5, 5.41) is 7.54. The summed E-state index contributed by atoms with van der Waals surface area (Å²) in [7, 11) is 0.950. The van der Waals surface area contributed by atoms with Gasteiger partial charge in [0.2, 0.25) is 0 Å². The largest absolute Gasteiger partial charge is 0.384 e. The summed E-state index contributed by atoms with van der Waals surface area (Å²) in [5.41, 5.74) is 4.42. The van der Waals surface area contributed by atoms with Crippen LogP contribution in [0, 0.1) is 5.92 Å². The molecule has 1 aromatic rings. The van der Waals surface area contributed by atoms with Gasteiger partial charge in [-0.15, -0.1) is 8.58 Å². The minimum absolute atomic E-state index is 0.340. The average molecular weight is 292 g/mol. The maximum atomic E-state index is 3.63. The Bertz CT molecular complexity index is 443. The number of benzene rings is 1. The van der Waals surface area contributed by atoms with Gasteiger partial charge in [-0.1, -0.05) is 32.9 Å². The molecule has 1 fully saturated rings. The Kier molecular flexibility index (Phi) is 5.46. The van der Waals surface area contributed by atoms with Crippen molar-refractivity contribution in [1.29, 1.82) is 0 Å². The molecular weight excluding hydrogens is 263 g/mol. The van der Waals surface area contributed by atoms with Gasteiger partial charge in [0.1, 0.15) is 0 Å². The fourth-order valence-corrected chi connectivity index (χ4v) is 3.66. The molecule has 2 nitrogen and oxygen atoms in total. The first-order valence-electron chi connectivity index (χ1n) is 7.99. The molecule has 3 rings (SSSR count). The second-order valence-corrected chi connectivity index (χ2v) is 7.45. The molecular formula is C17H29N2P. The Hall–Kier alpha value is -0.590. The zero-order valence-corrected chi connectivity index (χ0v) is 14.3.